The van der Waals surface area contributed by atoms with Gasteiger partial charge in [-0.2, -0.15) is 0 Å². The summed E-state index contributed by atoms with van der Waals surface area (Å²) in [4.78, 5) is 0. The highest BCUT2D eigenvalue weighted by atomic mass is 16.3. The van der Waals surface area contributed by atoms with Gasteiger partial charge >= 0.3 is 0 Å². The highest BCUT2D eigenvalue weighted by molar-refractivity contribution is 4.87. The van der Waals surface area contributed by atoms with Crippen LogP contribution in [0.25, 0.3) is 0 Å². The quantitative estimate of drug-likeness (QED) is 0.426. The fraction of sp³-hybridized carbons (Fsp3) is 1.00. The van der Waals surface area contributed by atoms with Gasteiger partial charge in [0.1, 0.15) is 0 Å². The van der Waals surface area contributed by atoms with Crippen molar-refractivity contribution in [2.24, 2.45) is 51.2 Å². The lowest BCUT2D eigenvalue weighted by Gasteiger charge is -2.42. The van der Waals surface area contributed by atoms with Crippen molar-refractivity contribution in [1.82, 2.24) is 0 Å². The number of aliphatic hydroxyl groups is 1. The number of aliphatic hydroxyl groups excluding tert-OH is 1. The van der Waals surface area contributed by atoms with E-state index in [1.165, 1.54) is 57.8 Å². The smallest absolute Gasteiger partial charge is 0.0576 e. The SMILES string of the molecule is CC(C)(C)CCC1CCC(C(C)(C)C)C(O)C1.CC1CCC(CCC(C)(C)C)CC1C(C)(C)C. The van der Waals surface area contributed by atoms with E-state index >= 15 is 0 Å². The summed E-state index contributed by atoms with van der Waals surface area (Å²) < 4.78 is 0. The summed E-state index contributed by atoms with van der Waals surface area (Å²) in [6.07, 6.45) is 13.3. The van der Waals surface area contributed by atoms with Crippen molar-refractivity contribution in [3.63, 3.8) is 0 Å². The Morgan fingerprint density at radius 3 is 1.35 bits per heavy atom. The summed E-state index contributed by atoms with van der Waals surface area (Å²) in [7, 11) is 0. The number of rotatable bonds is 4. The van der Waals surface area contributed by atoms with Crippen molar-refractivity contribution in [2.45, 2.75) is 160 Å². The van der Waals surface area contributed by atoms with Gasteiger partial charge < -0.3 is 5.11 Å². The van der Waals surface area contributed by atoms with E-state index in [1.807, 2.05) is 0 Å². The van der Waals surface area contributed by atoms with E-state index in [2.05, 4.69) is 90.0 Å². The molecule has 1 nitrogen and oxygen atoms in total. The Morgan fingerprint density at radius 1 is 0.559 bits per heavy atom. The van der Waals surface area contributed by atoms with E-state index in [1.54, 1.807) is 0 Å². The van der Waals surface area contributed by atoms with Gasteiger partial charge in [-0.3, -0.25) is 0 Å². The van der Waals surface area contributed by atoms with Crippen molar-refractivity contribution in [3.05, 3.63) is 0 Å². The van der Waals surface area contributed by atoms with E-state index in [0.717, 1.165) is 30.1 Å². The van der Waals surface area contributed by atoms with Crippen LogP contribution in [0.3, 0.4) is 0 Å². The molecule has 6 unspecified atom stereocenters. The van der Waals surface area contributed by atoms with Gasteiger partial charge in [-0.15, -0.1) is 0 Å². The number of hydrogen-bond acceptors (Lipinski definition) is 1. The second-order valence-corrected chi connectivity index (χ2v) is 17.0. The Kier molecular flexibility index (Phi) is 11.7. The van der Waals surface area contributed by atoms with Gasteiger partial charge in [-0.25, -0.2) is 0 Å². The van der Waals surface area contributed by atoms with Gasteiger partial charge in [-0.05, 0) is 103 Å². The van der Waals surface area contributed by atoms with Crippen molar-refractivity contribution in [1.29, 1.82) is 0 Å². The van der Waals surface area contributed by atoms with Crippen LogP contribution in [0.1, 0.15) is 154 Å². The average molecular weight is 479 g/mol. The van der Waals surface area contributed by atoms with E-state index in [0.29, 0.717) is 22.2 Å². The minimum absolute atomic E-state index is 0.0753. The molecular weight excluding hydrogens is 412 g/mol. The lowest BCUT2D eigenvalue weighted by Crippen LogP contribution is -2.37. The molecule has 0 saturated heterocycles. The minimum Gasteiger partial charge on any atom is -0.393 e. The molecule has 0 spiro atoms. The molecule has 2 saturated carbocycles. The summed E-state index contributed by atoms with van der Waals surface area (Å²) in [6, 6.07) is 0. The maximum absolute atomic E-state index is 10.3. The molecule has 2 aliphatic carbocycles. The zero-order chi connectivity index (χ0) is 26.5. The first-order valence-corrected chi connectivity index (χ1v) is 14.9. The first kappa shape index (κ1) is 32.0. The lowest BCUT2D eigenvalue weighted by molar-refractivity contribution is -0.0116. The molecule has 204 valence electrons. The van der Waals surface area contributed by atoms with Crippen molar-refractivity contribution in [3.8, 4) is 0 Å². The molecule has 0 bridgehead atoms. The van der Waals surface area contributed by atoms with Crippen LogP contribution in [0.15, 0.2) is 0 Å². The minimum atomic E-state index is -0.0753. The second-order valence-electron chi connectivity index (χ2n) is 17.0. The fourth-order valence-electron chi connectivity index (χ4n) is 6.66. The Labute approximate surface area is 216 Å². The first-order valence-electron chi connectivity index (χ1n) is 14.9. The molecule has 34 heavy (non-hydrogen) atoms. The molecule has 0 aliphatic heterocycles. The van der Waals surface area contributed by atoms with E-state index in [9.17, 15) is 5.11 Å². The molecule has 6 atom stereocenters. The lowest BCUT2D eigenvalue weighted by atomic mass is 9.63. The molecule has 0 aromatic heterocycles. The monoisotopic (exact) mass is 479 g/mol. The zero-order valence-corrected chi connectivity index (χ0v) is 26.0. The summed E-state index contributed by atoms with van der Waals surface area (Å²) in [6.45, 7) is 30.6. The molecule has 0 aromatic carbocycles. The number of hydrogen-bond donors (Lipinski definition) is 1. The summed E-state index contributed by atoms with van der Waals surface area (Å²) in [5.41, 5.74) is 1.71. The molecule has 2 rings (SSSR count). The molecule has 2 aliphatic rings. The molecule has 0 aromatic rings. The van der Waals surface area contributed by atoms with Crippen LogP contribution >= 0.6 is 0 Å². The Hall–Kier alpha value is -0.0400. The molecule has 0 heterocycles. The highest BCUT2D eigenvalue weighted by Crippen LogP contribution is 2.46. The third-order valence-electron chi connectivity index (χ3n) is 9.06. The van der Waals surface area contributed by atoms with Crippen LogP contribution in [0.2, 0.25) is 0 Å². The molecule has 1 heteroatoms. The molecule has 2 fully saturated rings. The van der Waals surface area contributed by atoms with Gasteiger partial charge in [0.2, 0.25) is 0 Å². The highest BCUT2D eigenvalue weighted by Gasteiger charge is 2.37. The third-order valence-corrected chi connectivity index (χ3v) is 9.06. The van der Waals surface area contributed by atoms with Crippen LogP contribution in [0.5, 0.6) is 0 Å². The van der Waals surface area contributed by atoms with E-state index < -0.39 is 0 Å². The van der Waals surface area contributed by atoms with E-state index in [4.69, 9.17) is 0 Å². The zero-order valence-electron chi connectivity index (χ0n) is 26.0. The second kappa shape index (κ2) is 12.5. The topological polar surface area (TPSA) is 20.2 Å². The molecule has 1 N–H and O–H groups in total. The molecular formula is C33H66O. The van der Waals surface area contributed by atoms with Gasteiger partial charge in [0.05, 0.1) is 6.10 Å². The Balaban J connectivity index is 0.000000340. The van der Waals surface area contributed by atoms with Gasteiger partial charge in [0, 0.05) is 0 Å². The molecule has 0 amide bonds. The van der Waals surface area contributed by atoms with Gasteiger partial charge in [-0.1, -0.05) is 103 Å². The summed E-state index contributed by atoms with van der Waals surface area (Å²) in [5.74, 6) is 4.10. The largest absolute Gasteiger partial charge is 0.393 e. The maximum atomic E-state index is 10.3. The maximum Gasteiger partial charge on any atom is 0.0576 e. The molecule has 0 radical (unpaired) electrons. The van der Waals surface area contributed by atoms with Crippen molar-refractivity contribution >= 4 is 0 Å². The predicted octanol–water partition coefficient (Wildman–Crippen LogP) is 10.5. The van der Waals surface area contributed by atoms with Gasteiger partial charge in [0.15, 0.2) is 0 Å². The standard InChI is InChI=1S/C17H34.C16H32O/c1-13-8-9-14(10-11-16(2,3)4)12-15(13)17(5,6)7;1-15(2,3)10-9-12-7-8-13(14(17)11-12)16(4,5)6/h13-15H,8-12H2,1-7H3;12-14,17H,7-11H2,1-6H3. The van der Waals surface area contributed by atoms with Crippen LogP contribution in [0, 0.1) is 51.2 Å². The van der Waals surface area contributed by atoms with Crippen LogP contribution in [-0.2, 0) is 0 Å². The Morgan fingerprint density at radius 2 is 0.971 bits per heavy atom. The van der Waals surface area contributed by atoms with Crippen LogP contribution < -0.4 is 0 Å². The van der Waals surface area contributed by atoms with Crippen LogP contribution in [0.4, 0.5) is 0 Å². The van der Waals surface area contributed by atoms with Crippen LogP contribution in [-0.4, -0.2) is 11.2 Å². The van der Waals surface area contributed by atoms with Crippen molar-refractivity contribution in [2.75, 3.05) is 0 Å². The summed E-state index contributed by atoms with van der Waals surface area (Å²) in [5, 5.41) is 10.3. The first-order chi connectivity index (χ1) is 15.2. The normalized spacial score (nSPS) is 31.6. The third kappa shape index (κ3) is 12.3. The Bertz CT molecular complexity index is 561. The van der Waals surface area contributed by atoms with Crippen molar-refractivity contribution < 1.29 is 5.11 Å². The predicted molar refractivity (Wildman–Crippen MR) is 153 cm³/mol. The van der Waals surface area contributed by atoms with Gasteiger partial charge in [0.25, 0.3) is 0 Å². The average Bonchev–Trinajstić information content (AvgIpc) is 2.63. The van der Waals surface area contributed by atoms with E-state index in [-0.39, 0.29) is 11.5 Å². The summed E-state index contributed by atoms with van der Waals surface area (Å²) >= 11 is 0. The fourth-order valence-corrected chi connectivity index (χ4v) is 6.66.